The monoisotopic (exact) mass is 300 g/mol. The molecule has 4 nitrogen and oxygen atoms in total. The first-order valence-electron chi connectivity index (χ1n) is 6.55. The molecule has 0 saturated heterocycles. The average Bonchev–Trinajstić information content (AvgIpc) is 2.39. The zero-order valence-electron chi connectivity index (χ0n) is 12.6. The molecule has 1 rings (SSSR count). The number of carbonyl (C=O) groups excluding carboxylic acids is 1. The molecular formula is C15H25ClN2O2. The van der Waals surface area contributed by atoms with E-state index in [2.05, 4.69) is 19.2 Å². The summed E-state index contributed by atoms with van der Waals surface area (Å²) in [6.45, 7) is 6.52. The van der Waals surface area contributed by atoms with Crippen molar-refractivity contribution >= 4 is 18.3 Å². The smallest absolute Gasteiger partial charge is 0.224 e. The van der Waals surface area contributed by atoms with Gasteiger partial charge in [-0.2, -0.15) is 0 Å². The van der Waals surface area contributed by atoms with E-state index in [0.29, 0.717) is 13.0 Å². The Balaban J connectivity index is 0.00000361. The highest BCUT2D eigenvalue weighted by molar-refractivity contribution is 5.85. The maximum Gasteiger partial charge on any atom is 0.224 e. The zero-order chi connectivity index (χ0) is 14.5. The van der Waals surface area contributed by atoms with Gasteiger partial charge >= 0.3 is 0 Å². The van der Waals surface area contributed by atoms with E-state index in [1.165, 1.54) is 0 Å². The van der Waals surface area contributed by atoms with Gasteiger partial charge in [0, 0.05) is 6.54 Å². The van der Waals surface area contributed by atoms with E-state index in [-0.39, 0.29) is 29.8 Å². The molecule has 0 aliphatic rings. The molecule has 0 spiro atoms. The standard InChI is InChI=1S/C15H24N2O2.ClH/c1-11(2)15(3,10-16)17-14(18)9-12-5-7-13(19-4)8-6-12;/h5-8,11H,9-10,16H2,1-4H3,(H,17,18);1H. The number of hydrogen-bond acceptors (Lipinski definition) is 3. The molecule has 0 radical (unpaired) electrons. The fourth-order valence-electron chi connectivity index (χ4n) is 1.72. The first-order valence-corrected chi connectivity index (χ1v) is 6.55. The number of rotatable bonds is 6. The van der Waals surface area contributed by atoms with Crippen LogP contribution in [0.2, 0.25) is 0 Å². The molecule has 0 heterocycles. The van der Waals surface area contributed by atoms with Crippen molar-refractivity contribution in [2.24, 2.45) is 11.7 Å². The molecule has 0 aromatic heterocycles. The predicted octanol–water partition coefficient (Wildman–Crippen LogP) is 2.15. The van der Waals surface area contributed by atoms with E-state index in [1.807, 2.05) is 31.2 Å². The highest BCUT2D eigenvalue weighted by Crippen LogP contribution is 2.16. The number of amides is 1. The van der Waals surface area contributed by atoms with E-state index in [4.69, 9.17) is 10.5 Å². The summed E-state index contributed by atoms with van der Waals surface area (Å²) in [4.78, 5) is 12.0. The van der Waals surface area contributed by atoms with Gasteiger partial charge in [-0.25, -0.2) is 0 Å². The van der Waals surface area contributed by atoms with Gasteiger partial charge in [-0.3, -0.25) is 4.79 Å². The van der Waals surface area contributed by atoms with Crippen LogP contribution in [0.15, 0.2) is 24.3 Å². The van der Waals surface area contributed by atoms with Crippen LogP contribution in [0.25, 0.3) is 0 Å². The summed E-state index contributed by atoms with van der Waals surface area (Å²) in [7, 11) is 1.62. The number of hydrogen-bond donors (Lipinski definition) is 2. The maximum absolute atomic E-state index is 12.0. The summed E-state index contributed by atoms with van der Waals surface area (Å²) in [6, 6.07) is 7.50. The van der Waals surface area contributed by atoms with Gasteiger partial charge in [-0.05, 0) is 30.5 Å². The van der Waals surface area contributed by atoms with Gasteiger partial charge in [-0.1, -0.05) is 26.0 Å². The number of methoxy groups -OCH3 is 1. The van der Waals surface area contributed by atoms with E-state index < -0.39 is 0 Å². The molecule has 3 N–H and O–H groups in total. The second-order valence-electron chi connectivity index (χ2n) is 5.35. The molecule has 1 amide bonds. The summed E-state index contributed by atoms with van der Waals surface area (Å²) >= 11 is 0. The first-order chi connectivity index (χ1) is 8.91. The molecule has 5 heteroatoms. The number of nitrogens with one attached hydrogen (secondary N) is 1. The Morgan fingerprint density at radius 3 is 2.30 bits per heavy atom. The molecule has 1 atom stereocenters. The molecule has 0 saturated carbocycles. The molecule has 0 aliphatic carbocycles. The van der Waals surface area contributed by atoms with Gasteiger partial charge in [0.05, 0.1) is 19.1 Å². The van der Waals surface area contributed by atoms with Crippen LogP contribution in [0.1, 0.15) is 26.3 Å². The quantitative estimate of drug-likeness (QED) is 0.846. The lowest BCUT2D eigenvalue weighted by Gasteiger charge is -2.33. The maximum atomic E-state index is 12.0. The number of nitrogens with two attached hydrogens (primary N) is 1. The summed E-state index contributed by atoms with van der Waals surface area (Å²) < 4.78 is 5.09. The molecule has 1 aromatic rings. The lowest BCUT2D eigenvalue weighted by atomic mass is 9.88. The fraction of sp³-hybridized carbons (Fsp3) is 0.533. The number of benzene rings is 1. The molecular weight excluding hydrogens is 276 g/mol. The minimum Gasteiger partial charge on any atom is -0.497 e. The third-order valence-electron chi connectivity index (χ3n) is 3.65. The Labute approximate surface area is 127 Å². The topological polar surface area (TPSA) is 64.3 Å². The molecule has 0 bridgehead atoms. The largest absolute Gasteiger partial charge is 0.497 e. The fourth-order valence-corrected chi connectivity index (χ4v) is 1.72. The Hall–Kier alpha value is -1.26. The van der Waals surface area contributed by atoms with Gasteiger partial charge < -0.3 is 15.8 Å². The Bertz CT molecular complexity index is 420. The number of carbonyl (C=O) groups is 1. The van der Waals surface area contributed by atoms with Crippen molar-refractivity contribution in [2.75, 3.05) is 13.7 Å². The second-order valence-corrected chi connectivity index (χ2v) is 5.35. The predicted molar refractivity (Wildman–Crippen MR) is 84.4 cm³/mol. The first kappa shape index (κ1) is 18.7. The minimum atomic E-state index is -0.358. The molecule has 0 fully saturated rings. The van der Waals surface area contributed by atoms with E-state index >= 15 is 0 Å². The van der Waals surface area contributed by atoms with Gasteiger partial charge in [0.25, 0.3) is 0 Å². The molecule has 114 valence electrons. The Morgan fingerprint density at radius 2 is 1.90 bits per heavy atom. The van der Waals surface area contributed by atoms with Crippen LogP contribution >= 0.6 is 12.4 Å². The van der Waals surface area contributed by atoms with Gasteiger partial charge in [0.15, 0.2) is 0 Å². The molecule has 1 aromatic carbocycles. The van der Waals surface area contributed by atoms with Crippen molar-refractivity contribution in [3.8, 4) is 5.75 Å². The van der Waals surface area contributed by atoms with Crippen molar-refractivity contribution in [1.82, 2.24) is 5.32 Å². The lowest BCUT2D eigenvalue weighted by Crippen LogP contribution is -2.55. The molecule has 1 unspecified atom stereocenters. The van der Waals surface area contributed by atoms with Crippen LogP contribution in [0, 0.1) is 5.92 Å². The summed E-state index contributed by atoms with van der Waals surface area (Å²) in [5.74, 6) is 1.07. The number of ether oxygens (including phenoxy) is 1. The SMILES string of the molecule is COc1ccc(CC(=O)NC(C)(CN)C(C)C)cc1.Cl. The third kappa shape index (κ3) is 5.02. The van der Waals surface area contributed by atoms with Crippen molar-refractivity contribution in [3.63, 3.8) is 0 Å². The second kappa shape index (κ2) is 8.12. The third-order valence-corrected chi connectivity index (χ3v) is 3.65. The van der Waals surface area contributed by atoms with Crippen molar-refractivity contribution in [2.45, 2.75) is 32.7 Å². The van der Waals surface area contributed by atoms with Crippen LogP contribution in [0.4, 0.5) is 0 Å². The molecule has 0 aliphatic heterocycles. The van der Waals surface area contributed by atoms with E-state index in [9.17, 15) is 4.79 Å². The number of halogens is 1. The van der Waals surface area contributed by atoms with Crippen LogP contribution < -0.4 is 15.8 Å². The zero-order valence-corrected chi connectivity index (χ0v) is 13.4. The van der Waals surface area contributed by atoms with Gasteiger partial charge in [0.1, 0.15) is 5.75 Å². The van der Waals surface area contributed by atoms with E-state index in [0.717, 1.165) is 11.3 Å². The van der Waals surface area contributed by atoms with Crippen LogP contribution in [0.3, 0.4) is 0 Å². The van der Waals surface area contributed by atoms with Gasteiger partial charge in [0.2, 0.25) is 5.91 Å². The van der Waals surface area contributed by atoms with Crippen molar-refractivity contribution in [1.29, 1.82) is 0 Å². The van der Waals surface area contributed by atoms with Gasteiger partial charge in [-0.15, -0.1) is 12.4 Å². The van der Waals surface area contributed by atoms with Crippen molar-refractivity contribution in [3.05, 3.63) is 29.8 Å². The average molecular weight is 301 g/mol. The highest BCUT2D eigenvalue weighted by atomic mass is 35.5. The van der Waals surface area contributed by atoms with Crippen molar-refractivity contribution < 1.29 is 9.53 Å². The van der Waals surface area contributed by atoms with E-state index in [1.54, 1.807) is 7.11 Å². The lowest BCUT2D eigenvalue weighted by molar-refractivity contribution is -0.122. The molecule has 20 heavy (non-hydrogen) atoms. The Kier molecular flexibility index (Phi) is 7.61. The Morgan fingerprint density at radius 1 is 1.35 bits per heavy atom. The highest BCUT2D eigenvalue weighted by Gasteiger charge is 2.28. The van der Waals surface area contributed by atoms with Crippen LogP contribution in [-0.2, 0) is 11.2 Å². The normalized spacial score (nSPS) is 13.3. The summed E-state index contributed by atoms with van der Waals surface area (Å²) in [6.07, 6.45) is 0.353. The minimum absolute atomic E-state index is 0. The summed E-state index contributed by atoms with van der Waals surface area (Å²) in [5, 5.41) is 3.02. The van der Waals surface area contributed by atoms with Crippen LogP contribution in [-0.4, -0.2) is 25.1 Å². The van der Waals surface area contributed by atoms with Crippen LogP contribution in [0.5, 0.6) is 5.75 Å². The summed E-state index contributed by atoms with van der Waals surface area (Å²) in [5.41, 5.74) is 6.36.